The molecule has 0 aliphatic heterocycles. The van der Waals surface area contributed by atoms with Crippen LogP contribution in [0.2, 0.25) is 0 Å². The van der Waals surface area contributed by atoms with Crippen LogP contribution in [0.1, 0.15) is 11.6 Å². The van der Waals surface area contributed by atoms with Gasteiger partial charge in [0.2, 0.25) is 0 Å². The van der Waals surface area contributed by atoms with E-state index in [-0.39, 0.29) is 5.56 Å². The van der Waals surface area contributed by atoms with Gasteiger partial charge in [0.15, 0.2) is 6.04 Å². The molecule has 0 heterocycles. The number of carbonyl (C=O) groups is 1. The lowest BCUT2D eigenvalue weighted by molar-refractivity contribution is -0.138. The van der Waals surface area contributed by atoms with Crippen LogP contribution in [-0.2, 0) is 4.79 Å². The Morgan fingerprint density at radius 1 is 1.05 bits per heavy atom. The number of anilines is 1. The molecule has 0 aromatic heterocycles. The molecule has 0 bridgehead atoms. The molecule has 0 amide bonds. The van der Waals surface area contributed by atoms with Crippen molar-refractivity contribution in [2.24, 2.45) is 0 Å². The first-order chi connectivity index (χ1) is 9.08. The lowest BCUT2D eigenvalue weighted by atomic mass is 10.1. The van der Waals surface area contributed by atoms with Gasteiger partial charge in [-0.1, -0.05) is 18.2 Å². The number of nitrogens with one attached hydrogen (secondary N) is 1. The predicted molar refractivity (Wildman–Crippen MR) is 66.8 cm³/mol. The quantitative estimate of drug-likeness (QED) is 0.890. The van der Waals surface area contributed by atoms with Crippen LogP contribution in [0, 0.1) is 11.6 Å². The molecule has 1 atom stereocenters. The van der Waals surface area contributed by atoms with Gasteiger partial charge in [-0.05, 0) is 30.3 Å². The summed E-state index contributed by atoms with van der Waals surface area (Å²) in [5.41, 5.74) is 0.427. The van der Waals surface area contributed by atoms with E-state index in [0.717, 1.165) is 0 Å². The van der Waals surface area contributed by atoms with Gasteiger partial charge < -0.3 is 10.4 Å². The average Bonchev–Trinajstić information content (AvgIpc) is 2.39. The summed E-state index contributed by atoms with van der Waals surface area (Å²) in [6.07, 6.45) is 0. The summed E-state index contributed by atoms with van der Waals surface area (Å²) in [6, 6.07) is 9.58. The van der Waals surface area contributed by atoms with E-state index in [1.54, 1.807) is 6.07 Å². The Kier molecular flexibility index (Phi) is 3.75. The number of hydrogen-bond acceptors (Lipinski definition) is 2. The summed E-state index contributed by atoms with van der Waals surface area (Å²) >= 11 is 0. The minimum Gasteiger partial charge on any atom is -0.479 e. The number of rotatable bonds is 4. The molecule has 0 radical (unpaired) electrons. The number of aliphatic carboxylic acids is 1. The minimum absolute atomic E-state index is 0.0272. The SMILES string of the molecule is O=C(O)C(Nc1ccc(F)cc1)c1ccccc1F. The molecule has 19 heavy (non-hydrogen) atoms. The van der Waals surface area contributed by atoms with Gasteiger partial charge in [0.05, 0.1) is 0 Å². The number of halogens is 2. The van der Waals surface area contributed by atoms with Gasteiger partial charge in [-0.3, -0.25) is 0 Å². The maximum Gasteiger partial charge on any atom is 0.330 e. The van der Waals surface area contributed by atoms with E-state index in [9.17, 15) is 13.6 Å². The first kappa shape index (κ1) is 13.0. The smallest absolute Gasteiger partial charge is 0.330 e. The summed E-state index contributed by atoms with van der Waals surface area (Å²) in [5.74, 6) is -2.25. The van der Waals surface area contributed by atoms with Crippen LogP contribution < -0.4 is 5.32 Å². The second kappa shape index (κ2) is 5.48. The average molecular weight is 263 g/mol. The standard InChI is InChI=1S/C14H11F2NO2/c15-9-5-7-10(8-6-9)17-13(14(18)19)11-3-1-2-4-12(11)16/h1-8,13,17H,(H,18,19). The van der Waals surface area contributed by atoms with Crippen molar-refractivity contribution in [3.63, 3.8) is 0 Å². The van der Waals surface area contributed by atoms with Crippen molar-refractivity contribution in [2.75, 3.05) is 5.32 Å². The van der Waals surface area contributed by atoms with Crippen molar-refractivity contribution in [1.82, 2.24) is 0 Å². The molecule has 0 saturated heterocycles. The monoisotopic (exact) mass is 263 g/mol. The Bertz CT molecular complexity index is 584. The third kappa shape index (κ3) is 3.07. The minimum atomic E-state index is -1.23. The fraction of sp³-hybridized carbons (Fsp3) is 0.0714. The van der Waals surface area contributed by atoms with Crippen molar-refractivity contribution >= 4 is 11.7 Å². The van der Waals surface area contributed by atoms with E-state index in [1.807, 2.05) is 0 Å². The second-order valence-electron chi connectivity index (χ2n) is 3.94. The van der Waals surface area contributed by atoms with Crippen LogP contribution in [0.5, 0.6) is 0 Å². The van der Waals surface area contributed by atoms with Crippen molar-refractivity contribution in [3.8, 4) is 0 Å². The van der Waals surface area contributed by atoms with Gasteiger partial charge in [0.25, 0.3) is 0 Å². The Balaban J connectivity index is 2.29. The molecule has 0 aliphatic rings. The number of carboxylic acid groups (broad SMARTS) is 1. The molecule has 0 spiro atoms. The van der Waals surface area contributed by atoms with Crippen molar-refractivity contribution in [1.29, 1.82) is 0 Å². The van der Waals surface area contributed by atoms with Crippen molar-refractivity contribution in [3.05, 3.63) is 65.7 Å². The molecule has 2 rings (SSSR count). The summed E-state index contributed by atoms with van der Waals surface area (Å²) in [7, 11) is 0. The first-order valence-corrected chi connectivity index (χ1v) is 5.57. The highest BCUT2D eigenvalue weighted by molar-refractivity contribution is 5.79. The van der Waals surface area contributed by atoms with E-state index >= 15 is 0 Å². The fourth-order valence-electron chi connectivity index (χ4n) is 1.69. The zero-order chi connectivity index (χ0) is 13.8. The molecule has 98 valence electrons. The van der Waals surface area contributed by atoms with Crippen LogP contribution in [-0.4, -0.2) is 11.1 Å². The Labute approximate surface area is 108 Å². The predicted octanol–water partition coefficient (Wildman–Crippen LogP) is 3.20. The van der Waals surface area contributed by atoms with E-state index in [0.29, 0.717) is 5.69 Å². The van der Waals surface area contributed by atoms with Crippen LogP contribution in [0.15, 0.2) is 48.5 Å². The van der Waals surface area contributed by atoms with Gasteiger partial charge in [0, 0.05) is 11.3 Å². The van der Waals surface area contributed by atoms with Crippen molar-refractivity contribution in [2.45, 2.75) is 6.04 Å². The molecule has 2 aromatic rings. The first-order valence-electron chi connectivity index (χ1n) is 5.57. The summed E-state index contributed by atoms with van der Waals surface area (Å²) < 4.78 is 26.4. The molecule has 1 unspecified atom stereocenters. The molecular weight excluding hydrogens is 252 g/mol. The normalized spacial score (nSPS) is 11.9. The molecule has 0 saturated carbocycles. The van der Waals surface area contributed by atoms with Crippen LogP contribution in [0.4, 0.5) is 14.5 Å². The van der Waals surface area contributed by atoms with E-state index in [4.69, 9.17) is 5.11 Å². The highest BCUT2D eigenvalue weighted by atomic mass is 19.1. The van der Waals surface area contributed by atoms with Crippen LogP contribution in [0.25, 0.3) is 0 Å². The molecular formula is C14H11F2NO2. The Morgan fingerprint density at radius 2 is 1.68 bits per heavy atom. The number of carboxylic acids is 1. The maximum absolute atomic E-state index is 13.6. The zero-order valence-corrected chi connectivity index (χ0v) is 9.81. The lowest BCUT2D eigenvalue weighted by Crippen LogP contribution is -2.21. The summed E-state index contributed by atoms with van der Waals surface area (Å²) in [5, 5.41) is 11.8. The third-order valence-corrected chi connectivity index (χ3v) is 2.62. The van der Waals surface area contributed by atoms with Gasteiger partial charge in [-0.15, -0.1) is 0 Å². The molecule has 3 nitrogen and oxygen atoms in total. The summed E-state index contributed by atoms with van der Waals surface area (Å²) in [6.45, 7) is 0. The topological polar surface area (TPSA) is 49.3 Å². The van der Waals surface area contributed by atoms with Gasteiger partial charge in [0.1, 0.15) is 11.6 Å². The Hall–Kier alpha value is -2.43. The van der Waals surface area contributed by atoms with E-state index in [1.165, 1.54) is 42.5 Å². The molecule has 2 N–H and O–H groups in total. The van der Waals surface area contributed by atoms with Gasteiger partial charge in [-0.25, -0.2) is 13.6 Å². The van der Waals surface area contributed by atoms with E-state index < -0.39 is 23.6 Å². The highest BCUT2D eigenvalue weighted by Crippen LogP contribution is 2.22. The summed E-state index contributed by atoms with van der Waals surface area (Å²) in [4.78, 5) is 11.2. The molecule has 2 aromatic carbocycles. The fourth-order valence-corrected chi connectivity index (χ4v) is 1.69. The third-order valence-electron chi connectivity index (χ3n) is 2.62. The highest BCUT2D eigenvalue weighted by Gasteiger charge is 2.22. The largest absolute Gasteiger partial charge is 0.479 e. The second-order valence-corrected chi connectivity index (χ2v) is 3.94. The molecule has 5 heteroatoms. The van der Waals surface area contributed by atoms with Gasteiger partial charge >= 0.3 is 5.97 Å². The molecule has 0 aliphatic carbocycles. The van der Waals surface area contributed by atoms with Crippen molar-refractivity contribution < 1.29 is 18.7 Å². The number of benzene rings is 2. The number of hydrogen-bond donors (Lipinski definition) is 2. The van der Waals surface area contributed by atoms with Crippen LogP contribution >= 0.6 is 0 Å². The maximum atomic E-state index is 13.6. The molecule has 0 fully saturated rings. The zero-order valence-electron chi connectivity index (χ0n) is 9.81. The van der Waals surface area contributed by atoms with Crippen LogP contribution in [0.3, 0.4) is 0 Å². The lowest BCUT2D eigenvalue weighted by Gasteiger charge is -2.16. The van der Waals surface area contributed by atoms with Gasteiger partial charge in [-0.2, -0.15) is 0 Å². The van der Waals surface area contributed by atoms with E-state index in [2.05, 4.69) is 5.32 Å². The Morgan fingerprint density at radius 3 is 2.26 bits per heavy atom.